The van der Waals surface area contributed by atoms with Crippen LogP contribution in [0.15, 0.2) is 35.2 Å². The van der Waals surface area contributed by atoms with Crippen LogP contribution in [-0.4, -0.2) is 74.6 Å². The number of ether oxygens (including phenoxy) is 1. The van der Waals surface area contributed by atoms with Gasteiger partial charge in [-0.05, 0) is 12.1 Å². The smallest absolute Gasteiger partial charge is 0.313 e. The Kier molecular flexibility index (Phi) is 6.15. The number of sulfone groups is 1. The molecule has 2 aliphatic heterocycles. The summed E-state index contributed by atoms with van der Waals surface area (Å²) in [4.78, 5) is 22.2. The summed E-state index contributed by atoms with van der Waals surface area (Å²) in [6.45, 7) is 1.69. The number of rotatable bonds is 5. The van der Waals surface area contributed by atoms with Crippen LogP contribution in [0.3, 0.4) is 0 Å². The molecule has 25 heavy (non-hydrogen) atoms. The van der Waals surface area contributed by atoms with E-state index in [4.69, 9.17) is 14.6 Å². The zero-order valence-corrected chi connectivity index (χ0v) is 14.4. The van der Waals surface area contributed by atoms with E-state index in [0.29, 0.717) is 31.1 Å². The molecule has 138 valence electrons. The first-order chi connectivity index (χ1) is 11.9. The molecule has 0 aliphatic carbocycles. The first-order valence-corrected chi connectivity index (χ1v) is 9.40. The standard InChI is InChI=1S/C15H19NO5S.CH2O2/c17-14(18)15-10-16(8-12(15)9-21-11-15)6-7-22(19,20)13-4-2-1-3-5-13;2-1-3/h1-5,12H,6-11H2,(H,17,18);1H,(H,2,3)/t12-,15-;/m1./s1. The van der Waals surface area contributed by atoms with Gasteiger partial charge in [-0.3, -0.25) is 9.59 Å². The highest BCUT2D eigenvalue weighted by Crippen LogP contribution is 2.41. The molecule has 2 N–H and O–H groups in total. The molecule has 1 aromatic rings. The van der Waals surface area contributed by atoms with E-state index in [1.165, 1.54) is 0 Å². The van der Waals surface area contributed by atoms with Gasteiger partial charge in [-0.2, -0.15) is 0 Å². The van der Waals surface area contributed by atoms with Crippen LogP contribution < -0.4 is 0 Å². The van der Waals surface area contributed by atoms with Gasteiger partial charge in [-0.25, -0.2) is 8.42 Å². The van der Waals surface area contributed by atoms with Gasteiger partial charge >= 0.3 is 5.97 Å². The zero-order chi connectivity index (χ0) is 18.5. The van der Waals surface area contributed by atoms with E-state index in [9.17, 15) is 18.3 Å². The molecule has 1 aromatic carbocycles. The van der Waals surface area contributed by atoms with Crippen LogP contribution in [0.1, 0.15) is 0 Å². The molecule has 2 saturated heterocycles. The molecule has 2 aliphatic rings. The molecule has 2 fully saturated rings. The minimum atomic E-state index is -3.33. The summed E-state index contributed by atoms with van der Waals surface area (Å²) in [5, 5.41) is 16.4. The molecule has 0 unspecified atom stereocenters. The number of fused-ring (bicyclic) bond motifs is 1. The van der Waals surface area contributed by atoms with Crippen molar-refractivity contribution >= 4 is 22.3 Å². The molecular weight excluding hydrogens is 350 g/mol. The van der Waals surface area contributed by atoms with E-state index < -0.39 is 21.2 Å². The molecule has 0 amide bonds. The van der Waals surface area contributed by atoms with Gasteiger partial charge in [0.15, 0.2) is 9.84 Å². The number of carboxylic acid groups (broad SMARTS) is 2. The quantitative estimate of drug-likeness (QED) is 0.704. The van der Waals surface area contributed by atoms with Crippen molar-refractivity contribution in [3.63, 3.8) is 0 Å². The molecule has 3 rings (SSSR count). The van der Waals surface area contributed by atoms with Gasteiger partial charge in [0.05, 0.1) is 23.9 Å². The number of hydrogen-bond acceptors (Lipinski definition) is 6. The summed E-state index contributed by atoms with van der Waals surface area (Å²) in [5.74, 6) is -0.895. The molecule has 0 saturated carbocycles. The second-order valence-corrected chi connectivity index (χ2v) is 8.25. The van der Waals surface area contributed by atoms with Crippen LogP contribution in [0, 0.1) is 11.3 Å². The third kappa shape index (κ3) is 4.17. The Labute approximate surface area is 145 Å². The average molecular weight is 371 g/mol. The van der Waals surface area contributed by atoms with Gasteiger partial charge in [0.2, 0.25) is 0 Å². The van der Waals surface area contributed by atoms with Crippen molar-refractivity contribution in [3.8, 4) is 0 Å². The highest BCUT2D eigenvalue weighted by molar-refractivity contribution is 7.91. The SMILES string of the molecule is O=C(O)[C@]12COC[C@H]1CN(CCS(=O)(=O)c1ccccc1)C2.O=CO. The summed E-state index contributed by atoms with van der Waals surface area (Å²) < 4.78 is 29.9. The lowest BCUT2D eigenvalue weighted by molar-refractivity contribution is -0.149. The number of benzene rings is 1. The van der Waals surface area contributed by atoms with Gasteiger partial charge in [-0.15, -0.1) is 0 Å². The fourth-order valence-electron chi connectivity index (χ4n) is 3.31. The topological polar surface area (TPSA) is 121 Å². The maximum atomic E-state index is 12.3. The Bertz CT molecular complexity index is 706. The van der Waals surface area contributed by atoms with Crippen molar-refractivity contribution in [2.24, 2.45) is 11.3 Å². The summed E-state index contributed by atoms with van der Waals surface area (Å²) in [6.07, 6.45) is 0. The largest absolute Gasteiger partial charge is 0.483 e. The Morgan fingerprint density at radius 1 is 1.36 bits per heavy atom. The number of aliphatic carboxylic acids is 1. The molecule has 0 bridgehead atoms. The molecular formula is C16H21NO7S. The Balaban J connectivity index is 0.000000701. The van der Waals surface area contributed by atoms with Crippen LogP contribution >= 0.6 is 0 Å². The first kappa shape index (κ1) is 19.4. The first-order valence-electron chi connectivity index (χ1n) is 7.75. The number of carbonyl (C=O) groups is 2. The minimum absolute atomic E-state index is 0.000287. The van der Waals surface area contributed by atoms with Crippen molar-refractivity contribution in [2.45, 2.75) is 4.90 Å². The lowest BCUT2D eigenvalue weighted by Gasteiger charge is -2.21. The Hall–Kier alpha value is -1.97. The highest BCUT2D eigenvalue weighted by atomic mass is 32.2. The maximum absolute atomic E-state index is 12.3. The monoisotopic (exact) mass is 371 g/mol. The third-order valence-electron chi connectivity index (χ3n) is 4.65. The van der Waals surface area contributed by atoms with Crippen molar-refractivity contribution in [2.75, 3.05) is 38.6 Å². The number of hydrogen-bond donors (Lipinski definition) is 2. The number of nitrogens with zero attached hydrogens (tertiary/aromatic N) is 1. The van der Waals surface area contributed by atoms with Gasteiger partial charge in [0.25, 0.3) is 6.47 Å². The van der Waals surface area contributed by atoms with E-state index in [0.717, 1.165) is 0 Å². The van der Waals surface area contributed by atoms with Crippen molar-refractivity contribution < 1.29 is 33.0 Å². The van der Waals surface area contributed by atoms with Crippen LogP contribution in [0.25, 0.3) is 0 Å². The van der Waals surface area contributed by atoms with E-state index >= 15 is 0 Å². The molecule has 2 atom stereocenters. The summed E-state index contributed by atoms with van der Waals surface area (Å²) in [5.41, 5.74) is -0.865. The predicted octanol–water partition coefficient (Wildman–Crippen LogP) is 0.194. The average Bonchev–Trinajstić information content (AvgIpc) is 3.13. The normalized spacial score (nSPS) is 25.7. The van der Waals surface area contributed by atoms with Gasteiger partial charge in [-0.1, -0.05) is 18.2 Å². The zero-order valence-electron chi connectivity index (χ0n) is 13.6. The maximum Gasteiger partial charge on any atom is 0.313 e. The third-order valence-corrected chi connectivity index (χ3v) is 6.36. The molecule has 9 heteroatoms. The van der Waals surface area contributed by atoms with E-state index in [1.807, 2.05) is 4.90 Å². The number of carboxylic acids is 1. The minimum Gasteiger partial charge on any atom is -0.483 e. The number of likely N-dealkylation sites (tertiary alicyclic amines) is 1. The summed E-state index contributed by atoms with van der Waals surface area (Å²) in [6, 6.07) is 8.34. The molecule has 8 nitrogen and oxygen atoms in total. The lowest BCUT2D eigenvalue weighted by atomic mass is 9.81. The Morgan fingerprint density at radius 2 is 2.00 bits per heavy atom. The van der Waals surface area contributed by atoms with Crippen molar-refractivity contribution in [1.29, 1.82) is 0 Å². The van der Waals surface area contributed by atoms with Gasteiger partial charge < -0.3 is 19.8 Å². The Morgan fingerprint density at radius 3 is 2.56 bits per heavy atom. The van der Waals surface area contributed by atoms with Crippen LogP contribution in [0.4, 0.5) is 0 Å². The predicted molar refractivity (Wildman–Crippen MR) is 88.0 cm³/mol. The lowest BCUT2D eigenvalue weighted by Crippen LogP contribution is -2.39. The second-order valence-electron chi connectivity index (χ2n) is 6.15. The fourth-order valence-corrected chi connectivity index (χ4v) is 4.61. The van der Waals surface area contributed by atoms with E-state index in [2.05, 4.69) is 0 Å². The summed E-state index contributed by atoms with van der Waals surface area (Å²) in [7, 11) is -3.33. The molecule has 0 spiro atoms. The summed E-state index contributed by atoms with van der Waals surface area (Å²) >= 11 is 0. The van der Waals surface area contributed by atoms with Crippen LogP contribution in [0.5, 0.6) is 0 Å². The molecule has 2 heterocycles. The second kappa shape index (κ2) is 7.94. The van der Waals surface area contributed by atoms with Crippen LogP contribution in [0.2, 0.25) is 0 Å². The highest BCUT2D eigenvalue weighted by Gasteiger charge is 2.56. The molecule has 0 radical (unpaired) electrons. The molecule has 0 aromatic heterocycles. The van der Waals surface area contributed by atoms with E-state index in [1.54, 1.807) is 30.3 Å². The van der Waals surface area contributed by atoms with E-state index in [-0.39, 0.29) is 24.7 Å². The van der Waals surface area contributed by atoms with Gasteiger partial charge in [0, 0.05) is 25.6 Å². The van der Waals surface area contributed by atoms with Crippen molar-refractivity contribution in [3.05, 3.63) is 30.3 Å². The van der Waals surface area contributed by atoms with Crippen molar-refractivity contribution in [1.82, 2.24) is 4.90 Å². The van der Waals surface area contributed by atoms with Crippen LogP contribution in [-0.2, 0) is 24.2 Å². The fraction of sp³-hybridized carbons (Fsp3) is 0.500. The van der Waals surface area contributed by atoms with Gasteiger partial charge in [0.1, 0.15) is 5.41 Å².